The summed E-state index contributed by atoms with van der Waals surface area (Å²) < 4.78 is 5.27. The van der Waals surface area contributed by atoms with E-state index in [4.69, 9.17) is 4.74 Å². The van der Waals surface area contributed by atoms with E-state index in [1.807, 2.05) is 12.1 Å². The Morgan fingerprint density at radius 3 is 2.61 bits per heavy atom. The summed E-state index contributed by atoms with van der Waals surface area (Å²) in [5.41, 5.74) is 1.02. The maximum absolute atomic E-state index is 5.27. The van der Waals surface area contributed by atoms with Crippen molar-refractivity contribution in [2.75, 3.05) is 12.4 Å². The van der Waals surface area contributed by atoms with Crippen LogP contribution in [0.1, 0.15) is 39.5 Å². The molecule has 3 heteroatoms. The largest absolute Gasteiger partial charge is 0.480 e. The summed E-state index contributed by atoms with van der Waals surface area (Å²) in [5.74, 6) is 2.42. The third-order valence-electron chi connectivity index (χ3n) is 4.04. The van der Waals surface area contributed by atoms with Crippen LogP contribution in [0.3, 0.4) is 0 Å². The first-order valence-electron chi connectivity index (χ1n) is 6.96. The molecule has 1 N–H and O–H groups in total. The van der Waals surface area contributed by atoms with Gasteiger partial charge in [-0.05, 0) is 49.7 Å². The number of nitrogens with zero attached hydrogens (tertiary/aromatic N) is 1. The minimum absolute atomic E-state index is 0.568. The fraction of sp³-hybridized carbons (Fsp3) is 0.667. The van der Waals surface area contributed by atoms with Gasteiger partial charge < -0.3 is 10.1 Å². The average Bonchev–Trinajstić information content (AvgIpc) is 2.40. The van der Waals surface area contributed by atoms with Gasteiger partial charge in [-0.15, -0.1) is 0 Å². The molecule has 1 aromatic heterocycles. The molecule has 0 aromatic carbocycles. The second-order valence-corrected chi connectivity index (χ2v) is 5.56. The highest BCUT2D eigenvalue weighted by molar-refractivity contribution is 5.52. The van der Waals surface area contributed by atoms with Crippen molar-refractivity contribution >= 4 is 5.69 Å². The molecule has 0 spiro atoms. The van der Waals surface area contributed by atoms with Crippen LogP contribution in [0.2, 0.25) is 0 Å². The fourth-order valence-corrected chi connectivity index (χ4v) is 2.81. The normalized spacial score (nSPS) is 24.0. The Labute approximate surface area is 110 Å². The number of pyridine rings is 1. The van der Waals surface area contributed by atoms with Gasteiger partial charge in [0.25, 0.3) is 0 Å². The van der Waals surface area contributed by atoms with E-state index in [-0.39, 0.29) is 0 Å². The fourth-order valence-electron chi connectivity index (χ4n) is 2.81. The summed E-state index contributed by atoms with van der Waals surface area (Å²) in [5, 5.41) is 3.57. The first-order chi connectivity index (χ1) is 8.70. The number of anilines is 1. The quantitative estimate of drug-likeness (QED) is 0.882. The molecule has 0 atom stereocenters. The monoisotopic (exact) mass is 248 g/mol. The zero-order valence-electron chi connectivity index (χ0n) is 11.6. The summed E-state index contributed by atoms with van der Waals surface area (Å²) in [7, 11) is 1.67. The van der Waals surface area contributed by atoms with Crippen molar-refractivity contribution in [3.8, 4) is 5.88 Å². The lowest BCUT2D eigenvalue weighted by molar-refractivity contribution is 0.266. The van der Waals surface area contributed by atoms with Gasteiger partial charge in [0.05, 0.1) is 12.8 Å². The molecule has 0 radical (unpaired) electrons. The van der Waals surface area contributed by atoms with Crippen molar-refractivity contribution in [3.63, 3.8) is 0 Å². The van der Waals surface area contributed by atoms with Gasteiger partial charge in [0, 0.05) is 12.2 Å². The van der Waals surface area contributed by atoms with Gasteiger partial charge in [-0.2, -0.15) is 0 Å². The van der Waals surface area contributed by atoms with Crippen LogP contribution >= 0.6 is 0 Å². The number of ether oxygens (including phenoxy) is 1. The van der Waals surface area contributed by atoms with Crippen molar-refractivity contribution in [2.45, 2.75) is 45.6 Å². The van der Waals surface area contributed by atoms with Crippen molar-refractivity contribution in [3.05, 3.63) is 18.3 Å². The van der Waals surface area contributed by atoms with E-state index in [9.17, 15) is 0 Å². The van der Waals surface area contributed by atoms with E-state index in [0.29, 0.717) is 11.9 Å². The molecule has 18 heavy (non-hydrogen) atoms. The summed E-state index contributed by atoms with van der Waals surface area (Å²) >= 11 is 0. The Bertz CT molecular complexity index is 371. The molecule has 0 bridgehead atoms. The minimum Gasteiger partial charge on any atom is -0.480 e. The molecule has 100 valence electrons. The zero-order chi connectivity index (χ0) is 13.0. The maximum atomic E-state index is 5.27. The third kappa shape index (κ3) is 3.15. The molecule has 0 amide bonds. The molecule has 1 saturated carbocycles. The predicted molar refractivity (Wildman–Crippen MR) is 75.0 cm³/mol. The SMILES string of the molecule is COc1ncccc1NC1CCC(C(C)C)CC1. The molecule has 3 nitrogen and oxygen atoms in total. The number of nitrogens with one attached hydrogen (secondary N) is 1. The van der Waals surface area contributed by atoms with Crippen LogP contribution in [0, 0.1) is 11.8 Å². The Hall–Kier alpha value is -1.25. The van der Waals surface area contributed by atoms with Crippen molar-refractivity contribution in [1.29, 1.82) is 0 Å². The van der Waals surface area contributed by atoms with Crippen LogP contribution in [-0.4, -0.2) is 18.1 Å². The van der Waals surface area contributed by atoms with Crippen molar-refractivity contribution in [1.82, 2.24) is 4.98 Å². The smallest absolute Gasteiger partial charge is 0.237 e. The van der Waals surface area contributed by atoms with Gasteiger partial charge in [-0.1, -0.05) is 13.8 Å². The zero-order valence-corrected chi connectivity index (χ0v) is 11.6. The third-order valence-corrected chi connectivity index (χ3v) is 4.04. The molecule has 2 rings (SSSR count). The second-order valence-electron chi connectivity index (χ2n) is 5.56. The number of hydrogen-bond acceptors (Lipinski definition) is 3. The van der Waals surface area contributed by atoms with E-state index in [1.165, 1.54) is 25.7 Å². The minimum atomic E-state index is 0.568. The van der Waals surface area contributed by atoms with Crippen LogP contribution in [0.15, 0.2) is 18.3 Å². The molecule has 1 aromatic rings. The first-order valence-corrected chi connectivity index (χ1v) is 6.96. The Morgan fingerprint density at radius 1 is 1.28 bits per heavy atom. The lowest BCUT2D eigenvalue weighted by Crippen LogP contribution is -2.28. The van der Waals surface area contributed by atoms with Crippen molar-refractivity contribution < 1.29 is 4.74 Å². The number of rotatable bonds is 4. The molecule has 0 aliphatic heterocycles. The van der Waals surface area contributed by atoms with Crippen LogP contribution in [-0.2, 0) is 0 Å². The van der Waals surface area contributed by atoms with E-state index in [0.717, 1.165) is 17.5 Å². The summed E-state index contributed by atoms with van der Waals surface area (Å²) in [4.78, 5) is 4.22. The molecular formula is C15H24N2O. The predicted octanol–water partition coefficient (Wildman–Crippen LogP) is 3.72. The maximum Gasteiger partial charge on any atom is 0.237 e. The highest BCUT2D eigenvalue weighted by Gasteiger charge is 2.23. The number of aromatic nitrogens is 1. The summed E-state index contributed by atoms with van der Waals surface area (Å²) in [6.45, 7) is 4.67. The van der Waals surface area contributed by atoms with E-state index in [2.05, 4.69) is 24.1 Å². The van der Waals surface area contributed by atoms with Gasteiger partial charge >= 0.3 is 0 Å². The highest BCUT2D eigenvalue weighted by Crippen LogP contribution is 2.32. The average molecular weight is 248 g/mol. The Morgan fingerprint density at radius 2 is 2.00 bits per heavy atom. The van der Waals surface area contributed by atoms with Gasteiger partial charge in [0.2, 0.25) is 5.88 Å². The number of methoxy groups -OCH3 is 1. The van der Waals surface area contributed by atoms with Crippen LogP contribution < -0.4 is 10.1 Å². The Kier molecular flexibility index (Phi) is 4.45. The second kappa shape index (κ2) is 6.07. The molecule has 1 aliphatic carbocycles. The standard InChI is InChI=1S/C15H24N2O/c1-11(2)12-6-8-13(9-7-12)17-14-5-4-10-16-15(14)18-3/h4-5,10-13,17H,6-9H2,1-3H3. The van der Waals surface area contributed by atoms with Gasteiger partial charge in [-0.3, -0.25) is 0 Å². The van der Waals surface area contributed by atoms with E-state index >= 15 is 0 Å². The van der Waals surface area contributed by atoms with Gasteiger partial charge in [0.1, 0.15) is 0 Å². The Balaban J connectivity index is 1.91. The first kappa shape index (κ1) is 13.2. The van der Waals surface area contributed by atoms with Crippen LogP contribution in [0.4, 0.5) is 5.69 Å². The summed E-state index contributed by atoms with van der Waals surface area (Å²) in [6, 6.07) is 4.56. The lowest BCUT2D eigenvalue weighted by Gasteiger charge is -2.32. The molecule has 0 saturated heterocycles. The van der Waals surface area contributed by atoms with Gasteiger partial charge in [0.15, 0.2) is 0 Å². The molecule has 1 aliphatic rings. The lowest BCUT2D eigenvalue weighted by atomic mass is 9.79. The molecule has 1 fully saturated rings. The molecular weight excluding hydrogens is 224 g/mol. The molecule has 0 unspecified atom stereocenters. The van der Waals surface area contributed by atoms with Crippen molar-refractivity contribution in [2.24, 2.45) is 11.8 Å². The van der Waals surface area contributed by atoms with Crippen LogP contribution in [0.5, 0.6) is 5.88 Å². The summed E-state index contributed by atoms with van der Waals surface area (Å²) in [6.07, 6.45) is 6.93. The molecule has 1 heterocycles. The highest BCUT2D eigenvalue weighted by atomic mass is 16.5. The number of hydrogen-bond donors (Lipinski definition) is 1. The topological polar surface area (TPSA) is 34.1 Å². The van der Waals surface area contributed by atoms with Gasteiger partial charge in [-0.25, -0.2) is 4.98 Å². The van der Waals surface area contributed by atoms with Crippen LogP contribution in [0.25, 0.3) is 0 Å². The van der Waals surface area contributed by atoms with E-state index in [1.54, 1.807) is 13.3 Å². The van der Waals surface area contributed by atoms with E-state index < -0.39 is 0 Å².